The van der Waals surface area contributed by atoms with Crippen molar-refractivity contribution in [2.75, 3.05) is 6.54 Å². The van der Waals surface area contributed by atoms with Crippen LogP contribution in [0, 0.1) is 0 Å². The van der Waals surface area contributed by atoms with Crippen molar-refractivity contribution in [3.05, 3.63) is 18.2 Å². The number of carbonyl (C=O) groups is 1. The number of hydrogen-bond acceptors (Lipinski definition) is 4. The van der Waals surface area contributed by atoms with Crippen LogP contribution >= 0.6 is 0 Å². The average molecular weight is 268 g/mol. The molecule has 0 bridgehead atoms. The second kappa shape index (κ2) is 6.56. The molecule has 0 aromatic carbocycles. The third kappa shape index (κ3) is 6.24. The number of aryl methyl sites for hydroxylation is 1. The number of nitrogens with one attached hydrogen (secondary N) is 2. The van der Waals surface area contributed by atoms with E-state index < -0.39 is 11.7 Å². The Morgan fingerprint density at radius 1 is 1.53 bits per heavy atom. The number of hydrogen-bond donors (Lipinski definition) is 2. The summed E-state index contributed by atoms with van der Waals surface area (Å²) in [6, 6.07) is 0.143. The van der Waals surface area contributed by atoms with Crippen LogP contribution in [0.1, 0.15) is 33.5 Å². The third-order valence-corrected chi connectivity index (χ3v) is 2.48. The van der Waals surface area contributed by atoms with E-state index in [1.807, 2.05) is 45.5 Å². The van der Waals surface area contributed by atoms with E-state index in [1.54, 1.807) is 6.20 Å². The second-order valence-electron chi connectivity index (χ2n) is 5.62. The van der Waals surface area contributed by atoms with Crippen LogP contribution in [0.15, 0.2) is 12.4 Å². The number of ether oxygens (including phenoxy) is 1. The molecule has 0 aliphatic carbocycles. The lowest BCUT2D eigenvalue weighted by atomic mass is 10.2. The van der Waals surface area contributed by atoms with Gasteiger partial charge in [0, 0.05) is 32.0 Å². The maximum Gasteiger partial charge on any atom is 0.407 e. The van der Waals surface area contributed by atoms with E-state index in [4.69, 9.17) is 4.74 Å². The Morgan fingerprint density at radius 2 is 2.21 bits per heavy atom. The maximum atomic E-state index is 11.5. The summed E-state index contributed by atoms with van der Waals surface area (Å²) < 4.78 is 7.12. The first-order chi connectivity index (χ1) is 8.78. The van der Waals surface area contributed by atoms with Gasteiger partial charge in [0.15, 0.2) is 0 Å². The molecule has 1 unspecified atom stereocenters. The molecule has 2 N–H and O–H groups in total. The smallest absolute Gasteiger partial charge is 0.407 e. The van der Waals surface area contributed by atoms with Crippen molar-refractivity contribution in [1.29, 1.82) is 0 Å². The molecule has 0 aliphatic rings. The predicted octanol–water partition coefficient (Wildman–Crippen LogP) is 1.42. The van der Waals surface area contributed by atoms with E-state index in [0.717, 1.165) is 5.82 Å². The van der Waals surface area contributed by atoms with Gasteiger partial charge in [-0.05, 0) is 27.7 Å². The fourth-order valence-corrected chi connectivity index (χ4v) is 1.46. The number of aromatic nitrogens is 2. The maximum absolute atomic E-state index is 11.5. The second-order valence-corrected chi connectivity index (χ2v) is 5.62. The van der Waals surface area contributed by atoms with Gasteiger partial charge in [-0.15, -0.1) is 0 Å². The Kier molecular flexibility index (Phi) is 5.35. The molecule has 19 heavy (non-hydrogen) atoms. The molecular formula is C13H24N4O2. The highest BCUT2D eigenvalue weighted by Crippen LogP contribution is 2.06. The molecule has 1 heterocycles. The lowest BCUT2D eigenvalue weighted by Crippen LogP contribution is -2.41. The molecule has 1 aromatic rings. The standard InChI is InChI=1S/C13H24N4O2/c1-10(8-16-12(18)19-13(2,3)4)15-9-11-14-6-7-17(11)5/h6-7,10,15H,8-9H2,1-5H3,(H,16,18). The van der Waals surface area contributed by atoms with Crippen molar-refractivity contribution in [2.24, 2.45) is 7.05 Å². The first kappa shape index (κ1) is 15.5. The van der Waals surface area contributed by atoms with Crippen LogP contribution < -0.4 is 10.6 Å². The number of rotatable bonds is 5. The van der Waals surface area contributed by atoms with Crippen LogP contribution in [0.25, 0.3) is 0 Å². The zero-order chi connectivity index (χ0) is 14.5. The minimum Gasteiger partial charge on any atom is -0.444 e. The Balaban J connectivity index is 2.23. The van der Waals surface area contributed by atoms with Gasteiger partial charge in [-0.3, -0.25) is 0 Å². The Bertz CT molecular complexity index is 409. The number of imidazole rings is 1. The summed E-state index contributed by atoms with van der Waals surface area (Å²) in [5.74, 6) is 0.962. The molecule has 1 atom stereocenters. The Labute approximate surface area is 114 Å². The summed E-state index contributed by atoms with van der Waals surface area (Å²) in [4.78, 5) is 15.7. The van der Waals surface area contributed by atoms with Crippen LogP contribution in [-0.4, -0.2) is 33.8 Å². The highest BCUT2D eigenvalue weighted by Gasteiger charge is 2.16. The first-order valence-corrected chi connectivity index (χ1v) is 6.44. The Morgan fingerprint density at radius 3 is 2.74 bits per heavy atom. The minimum atomic E-state index is -0.465. The number of nitrogens with zero attached hydrogens (tertiary/aromatic N) is 2. The third-order valence-electron chi connectivity index (χ3n) is 2.48. The van der Waals surface area contributed by atoms with Gasteiger partial charge in [0.1, 0.15) is 11.4 Å². The summed E-state index contributed by atoms with van der Waals surface area (Å²) in [5.41, 5.74) is -0.465. The topological polar surface area (TPSA) is 68.2 Å². The average Bonchev–Trinajstić information content (AvgIpc) is 2.67. The molecule has 1 rings (SSSR count). The predicted molar refractivity (Wildman–Crippen MR) is 73.7 cm³/mol. The molecule has 0 radical (unpaired) electrons. The highest BCUT2D eigenvalue weighted by molar-refractivity contribution is 5.67. The fourth-order valence-electron chi connectivity index (χ4n) is 1.46. The molecule has 108 valence electrons. The summed E-state index contributed by atoms with van der Waals surface area (Å²) in [6.45, 7) is 8.71. The normalized spacial score (nSPS) is 13.1. The first-order valence-electron chi connectivity index (χ1n) is 6.44. The molecule has 0 saturated heterocycles. The summed E-state index contributed by atoms with van der Waals surface area (Å²) in [7, 11) is 1.95. The molecular weight excluding hydrogens is 244 g/mol. The molecule has 0 aliphatic heterocycles. The van der Waals surface area contributed by atoms with Gasteiger partial charge in [-0.25, -0.2) is 9.78 Å². The van der Waals surface area contributed by atoms with Crippen molar-refractivity contribution in [3.8, 4) is 0 Å². The highest BCUT2D eigenvalue weighted by atomic mass is 16.6. The molecule has 1 aromatic heterocycles. The molecule has 6 nitrogen and oxygen atoms in total. The van der Waals surface area contributed by atoms with E-state index >= 15 is 0 Å². The molecule has 0 saturated carbocycles. The molecule has 1 amide bonds. The number of alkyl carbamates (subject to hydrolysis) is 1. The van der Waals surface area contributed by atoms with E-state index in [-0.39, 0.29) is 6.04 Å². The lowest BCUT2D eigenvalue weighted by Gasteiger charge is -2.21. The van der Waals surface area contributed by atoms with Crippen molar-refractivity contribution in [3.63, 3.8) is 0 Å². The quantitative estimate of drug-likeness (QED) is 0.847. The van der Waals surface area contributed by atoms with Crippen LogP contribution in [0.3, 0.4) is 0 Å². The van der Waals surface area contributed by atoms with Crippen LogP contribution in [-0.2, 0) is 18.3 Å². The Hall–Kier alpha value is -1.56. The zero-order valence-electron chi connectivity index (χ0n) is 12.4. The van der Waals surface area contributed by atoms with E-state index in [1.165, 1.54) is 0 Å². The zero-order valence-corrected chi connectivity index (χ0v) is 12.4. The number of amides is 1. The fraction of sp³-hybridized carbons (Fsp3) is 0.692. The van der Waals surface area contributed by atoms with Gasteiger partial charge < -0.3 is 19.9 Å². The monoisotopic (exact) mass is 268 g/mol. The van der Waals surface area contributed by atoms with E-state index in [2.05, 4.69) is 15.6 Å². The lowest BCUT2D eigenvalue weighted by molar-refractivity contribution is 0.0523. The van der Waals surface area contributed by atoms with Crippen LogP contribution in [0.5, 0.6) is 0 Å². The van der Waals surface area contributed by atoms with Crippen molar-refractivity contribution >= 4 is 6.09 Å². The van der Waals surface area contributed by atoms with Gasteiger partial charge in [0.2, 0.25) is 0 Å². The van der Waals surface area contributed by atoms with Crippen molar-refractivity contribution < 1.29 is 9.53 Å². The molecule has 0 fully saturated rings. The van der Waals surface area contributed by atoms with Gasteiger partial charge in [-0.1, -0.05) is 0 Å². The van der Waals surface area contributed by atoms with Crippen molar-refractivity contribution in [2.45, 2.75) is 45.9 Å². The molecule has 0 spiro atoms. The minimum absolute atomic E-state index is 0.143. The SMILES string of the molecule is CC(CNC(=O)OC(C)(C)C)NCc1nccn1C. The largest absolute Gasteiger partial charge is 0.444 e. The van der Waals surface area contributed by atoms with Gasteiger partial charge >= 0.3 is 6.09 Å². The number of carbonyl (C=O) groups excluding carboxylic acids is 1. The molecule has 6 heteroatoms. The van der Waals surface area contributed by atoms with Crippen LogP contribution in [0.2, 0.25) is 0 Å². The van der Waals surface area contributed by atoms with Gasteiger partial charge in [-0.2, -0.15) is 0 Å². The van der Waals surface area contributed by atoms with E-state index in [9.17, 15) is 4.79 Å². The summed E-state index contributed by atoms with van der Waals surface area (Å²) in [6.07, 6.45) is 3.28. The van der Waals surface area contributed by atoms with Gasteiger partial charge in [0.05, 0.1) is 6.54 Å². The van der Waals surface area contributed by atoms with Crippen molar-refractivity contribution in [1.82, 2.24) is 20.2 Å². The summed E-state index contributed by atoms with van der Waals surface area (Å²) in [5, 5.41) is 6.02. The van der Waals surface area contributed by atoms with Gasteiger partial charge in [0.25, 0.3) is 0 Å². The van der Waals surface area contributed by atoms with Crippen LogP contribution in [0.4, 0.5) is 4.79 Å². The van der Waals surface area contributed by atoms with E-state index in [0.29, 0.717) is 13.1 Å². The summed E-state index contributed by atoms with van der Waals surface area (Å²) >= 11 is 0.